The first-order valence-electron chi connectivity index (χ1n) is 8.37. The van der Waals surface area contributed by atoms with E-state index in [1.165, 1.54) is 0 Å². The van der Waals surface area contributed by atoms with Gasteiger partial charge in [0.1, 0.15) is 0 Å². The molecular formula is C21H20N2O3. The number of carbonyl (C=O) groups excluding carboxylic acids is 2. The van der Waals surface area contributed by atoms with Crippen molar-refractivity contribution in [3.05, 3.63) is 90.0 Å². The molecule has 1 aliphatic rings. The van der Waals surface area contributed by atoms with Crippen LogP contribution in [0, 0.1) is 5.41 Å². The summed E-state index contributed by atoms with van der Waals surface area (Å²) in [6, 6.07) is 18.9. The summed E-state index contributed by atoms with van der Waals surface area (Å²) in [5.41, 5.74) is 2.74. The summed E-state index contributed by atoms with van der Waals surface area (Å²) >= 11 is 0. The average molecular weight is 348 g/mol. The molecule has 0 bridgehead atoms. The Morgan fingerprint density at radius 3 is 2.27 bits per heavy atom. The van der Waals surface area contributed by atoms with Crippen molar-refractivity contribution in [2.45, 2.75) is 13.0 Å². The van der Waals surface area contributed by atoms with Gasteiger partial charge in [-0.15, -0.1) is 0 Å². The van der Waals surface area contributed by atoms with Crippen LogP contribution in [0.15, 0.2) is 78.9 Å². The van der Waals surface area contributed by atoms with E-state index < -0.39 is 17.2 Å². The Balaban J connectivity index is 1.89. The van der Waals surface area contributed by atoms with Gasteiger partial charge in [0, 0.05) is 6.54 Å². The third-order valence-corrected chi connectivity index (χ3v) is 4.45. The van der Waals surface area contributed by atoms with E-state index in [9.17, 15) is 14.8 Å². The number of rotatable bonds is 5. The molecule has 0 aliphatic heterocycles. The zero-order valence-corrected chi connectivity index (χ0v) is 14.2. The summed E-state index contributed by atoms with van der Waals surface area (Å²) in [6.45, 7) is 0.304. The lowest BCUT2D eigenvalue weighted by Crippen LogP contribution is -2.50. The summed E-state index contributed by atoms with van der Waals surface area (Å²) in [7, 11) is 0. The SMILES string of the molecule is O=C(NO)C1(C(=O)NCc2ccccc2)C=C(c2ccccc2)C=CC1. The second-order valence-corrected chi connectivity index (χ2v) is 6.15. The molecule has 1 atom stereocenters. The van der Waals surface area contributed by atoms with E-state index >= 15 is 0 Å². The quantitative estimate of drug-likeness (QED) is 0.442. The van der Waals surface area contributed by atoms with Crippen LogP contribution >= 0.6 is 0 Å². The zero-order chi connectivity index (χ0) is 18.4. The van der Waals surface area contributed by atoms with Gasteiger partial charge in [-0.05, 0) is 23.1 Å². The number of nitrogens with one attached hydrogen (secondary N) is 2. The maximum absolute atomic E-state index is 12.9. The molecule has 0 saturated heterocycles. The minimum Gasteiger partial charge on any atom is -0.351 e. The van der Waals surface area contributed by atoms with Crippen LogP contribution in [0.4, 0.5) is 0 Å². The van der Waals surface area contributed by atoms with E-state index in [1.807, 2.05) is 66.7 Å². The molecule has 26 heavy (non-hydrogen) atoms. The van der Waals surface area contributed by atoms with Crippen molar-refractivity contribution in [3.63, 3.8) is 0 Å². The van der Waals surface area contributed by atoms with Crippen molar-refractivity contribution in [2.75, 3.05) is 0 Å². The number of allylic oxidation sites excluding steroid dienone is 3. The minimum atomic E-state index is -1.50. The van der Waals surface area contributed by atoms with E-state index in [4.69, 9.17) is 0 Å². The van der Waals surface area contributed by atoms with Gasteiger partial charge in [0.05, 0.1) is 0 Å². The van der Waals surface area contributed by atoms with Gasteiger partial charge in [0.15, 0.2) is 5.41 Å². The van der Waals surface area contributed by atoms with Crippen LogP contribution < -0.4 is 10.8 Å². The van der Waals surface area contributed by atoms with Gasteiger partial charge >= 0.3 is 0 Å². The molecule has 2 aromatic rings. The van der Waals surface area contributed by atoms with Gasteiger partial charge in [0.2, 0.25) is 5.91 Å². The van der Waals surface area contributed by atoms with E-state index in [0.717, 1.165) is 16.7 Å². The Morgan fingerprint density at radius 1 is 0.962 bits per heavy atom. The first-order valence-corrected chi connectivity index (χ1v) is 8.37. The Labute approximate surface area is 152 Å². The third kappa shape index (κ3) is 3.58. The molecule has 0 heterocycles. The zero-order valence-electron chi connectivity index (χ0n) is 14.2. The normalized spacial score (nSPS) is 18.7. The maximum atomic E-state index is 12.9. The highest BCUT2D eigenvalue weighted by Crippen LogP contribution is 2.35. The lowest BCUT2D eigenvalue weighted by molar-refractivity contribution is -0.145. The summed E-state index contributed by atoms with van der Waals surface area (Å²) in [5.74, 6) is -1.20. The fraction of sp³-hybridized carbons (Fsp3) is 0.143. The van der Waals surface area contributed by atoms with Crippen molar-refractivity contribution < 1.29 is 14.8 Å². The predicted octanol–water partition coefficient (Wildman–Crippen LogP) is 2.84. The number of benzene rings is 2. The van der Waals surface area contributed by atoms with Crippen molar-refractivity contribution in [1.82, 2.24) is 10.8 Å². The molecule has 2 aromatic carbocycles. The van der Waals surface area contributed by atoms with Gasteiger partial charge in [0.25, 0.3) is 5.91 Å². The summed E-state index contributed by atoms with van der Waals surface area (Å²) in [5, 5.41) is 12.0. The smallest absolute Gasteiger partial charge is 0.263 e. The van der Waals surface area contributed by atoms with Gasteiger partial charge in [-0.2, -0.15) is 0 Å². The lowest BCUT2D eigenvalue weighted by Gasteiger charge is -2.29. The van der Waals surface area contributed by atoms with Crippen molar-refractivity contribution in [1.29, 1.82) is 0 Å². The van der Waals surface area contributed by atoms with Crippen LogP contribution in [0.3, 0.4) is 0 Å². The molecule has 0 aromatic heterocycles. The monoisotopic (exact) mass is 348 g/mol. The Morgan fingerprint density at radius 2 is 1.62 bits per heavy atom. The van der Waals surface area contributed by atoms with Crippen LogP contribution in [0.5, 0.6) is 0 Å². The standard InChI is InChI=1S/C21H20N2O3/c24-19(22-15-16-8-3-1-4-9-16)21(20(25)23-26)13-7-12-18(14-21)17-10-5-2-6-11-17/h1-12,14,26H,13,15H2,(H,22,24)(H,23,25). The molecule has 0 fully saturated rings. The molecule has 3 rings (SSSR count). The van der Waals surface area contributed by atoms with Crippen LogP contribution in [-0.4, -0.2) is 17.0 Å². The van der Waals surface area contributed by atoms with Crippen molar-refractivity contribution in [3.8, 4) is 0 Å². The van der Waals surface area contributed by atoms with E-state index in [0.29, 0.717) is 6.54 Å². The second-order valence-electron chi connectivity index (χ2n) is 6.15. The van der Waals surface area contributed by atoms with Crippen LogP contribution in [0.25, 0.3) is 5.57 Å². The number of hydrogen-bond donors (Lipinski definition) is 3. The molecule has 1 unspecified atom stereocenters. The highest BCUT2D eigenvalue weighted by atomic mass is 16.5. The predicted molar refractivity (Wildman–Crippen MR) is 98.8 cm³/mol. The van der Waals surface area contributed by atoms with E-state index in [-0.39, 0.29) is 6.42 Å². The van der Waals surface area contributed by atoms with Gasteiger partial charge in [-0.3, -0.25) is 14.8 Å². The van der Waals surface area contributed by atoms with E-state index in [2.05, 4.69) is 5.32 Å². The molecule has 3 N–H and O–H groups in total. The lowest BCUT2D eigenvalue weighted by atomic mass is 9.76. The average Bonchev–Trinajstić information content (AvgIpc) is 2.72. The Bertz CT molecular complexity index is 844. The van der Waals surface area contributed by atoms with Gasteiger partial charge in [-0.25, -0.2) is 5.48 Å². The molecule has 0 radical (unpaired) electrons. The second kappa shape index (κ2) is 7.80. The number of amides is 2. The molecule has 5 nitrogen and oxygen atoms in total. The molecule has 132 valence electrons. The Hall–Kier alpha value is -3.18. The summed E-state index contributed by atoms with van der Waals surface area (Å²) in [4.78, 5) is 25.3. The van der Waals surface area contributed by atoms with Crippen molar-refractivity contribution >= 4 is 17.4 Å². The topological polar surface area (TPSA) is 78.4 Å². The molecule has 1 aliphatic carbocycles. The molecular weight excluding hydrogens is 328 g/mol. The first kappa shape index (κ1) is 17.6. The fourth-order valence-corrected chi connectivity index (χ4v) is 3.01. The van der Waals surface area contributed by atoms with Crippen molar-refractivity contribution in [2.24, 2.45) is 5.41 Å². The third-order valence-electron chi connectivity index (χ3n) is 4.45. The Kier molecular flexibility index (Phi) is 5.29. The molecule has 0 saturated carbocycles. The first-order chi connectivity index (χ1) is 12.7. The maximum Gasteiger partial charge on any atom is 0.263 e. The largest absolute Gasteiger partial charge is 0.351 e. The number of carbonyl (C=O) groups is 2. The van der Waals surface area contributed by atoms with Crippen LogP contribution in [0.2, 0.25) is 0 Å². The highest BCUT2D eigenvalue weighted by Gasteiger charge is 2.44. The number of hydroxylamine groups is 1. The highest BCUT2D eigenvalue weighted by molar-refractivity contribution is 6.09. The molecule has 5 heteroatoms. The molecule has 2 amide bonds. The van der Waals surface area contributed by atoms with Crippen LogP contribution in [-0.2, 0) is 16.1 Å². The van der Waals surface area contributed by atoms with Gasteiger partial charge < -0.3 is 5.32 Å². The molecule has 0 spiro atoms. The summed E-state index contributed by atoms with van der Waals surface area (Å²) in [6.07, 6.45) is 5.45. The van der Waals surface area contributed by atoms with Crippen LogP contribution in [0.1, 0.15) is 17.5 Å². The van der Waals surface area contributed by atoms with Gasteiger partial charge in [-0.1, -0.05) is 78.9 Å². The summed E-state index contributed by atoms with van der Waals surface area (Å²) < 4.78 is 0. The number of hydrogen-bond acceptors (Lipinski definition) is 3. The van der Waals surface area contributed by atoms with E-state index in [1.54, 1.807) is 17.6 Å². The fourth-order valence-electron chi connectivity index (χ4n) is 3.01. The minimum absolute atomic E-state index is 0.177.